The smallest absolute Gasteiger partial charge is 0.226 e. The Morgan fingerprint density at radius 3 is 2.68 bits per heavy atom. The summed E-state index contributed by atoms with van der Waals surface area (Å²) < 4.78 is 5.25. The molecule has 3 heterocycles. The van der Waals surface area contributed by atoms with Gasteiger partial charge in [-0.1, -0.05) is 18.2 Å². The highest BCUT2D eigenvalue weighted by molar-refractivity contribution is 5.79. The summed E-state index contributed by atoms with van der Waals surface area (Å²) in [5, 5.41) is 3.23. The zero-order chi connectivity index (χ0) is 21.6. The lowest BCUT2D eigenvalue weighted by molar-refractivity contribution is -0.131. The van der Waals surface area contributed by atoms with E-state index >= 15 is 0 Å². The average Bonchev–Trinajstić information content (AvgIpc) is 2.79. The zero-order valence-electron chi connectivity index (χ0n) is 17.9. The van der Waals surface area contributed by atoms with E-state index < -0.39 is 0 Å². The minimum atomic E-state index is 0.152. The van der Waals surface area contributed by atoms with Gasteiger partial charge in [0.2, 0.25) is 5.91 Å². The molecule has 0 aliphatic carbocycles. The van der Waals surface area contributed by atoms with Gasteiger partial charge in [0.25, 0.3) is 0 Å². The summed E-state index contributed by atoms with van der Waals surface area (Å²) in [6.45, 7) is 3.41. The monoisotopic (exact) mass is 417 g/mol. The molecule has 1 aliphatic heterocycles. The van der Waals surface area contributed by atoms with E-state index in [-0.39, 0.29) is 5.91 Å². The summed E-state index contributed by atoms with van der Waals surface area (Å²) in [7, 11) is 1.64. The summed E-state index contributed by atoms with van der Waals surface area (Å²) in [5.41, 5.74) is 2.87. The standard InChI is InChI=1S/C24H27N5O2/c1-17-5-3-8-22(26-17)28-23-16-25-15-21(27-23)19-9-11-29(12-10-19)24(30)14-18-6-4-7-20(13-18)31-2/h3-8,13,15-16,19H,9-12,14H2,1-2H3,(H,26,27,28). The molecule has 1 N–H and O–H groups in total. The van der Waals surface area contributed by atoms with Crippen LogP contribution in [0, 0.1) is 6.92 Å². The Labute approximate surface area is 182 Å². The molecule has 1 aliphatic rings. The number of methoxy groups -OCH3 is 1. The fourth-order valence-electron chi connectivity index (χ4n) is 3.88. The molecule has 0 saturated carbocycles. The topological polar surface area (TPSA) is 80.2 Å². The van der Waals surface area contributed by atoms with E-state index in [0.717, 1.165) is 54.4 Å². The van der Waals surface area contributed by atoms with Crippen LogP contribution in [0.5, 0.6) is 5.75 Å². The summed E-state index contributed by atoms with van der Waals surface area (Å²) in [5.74, 6) is 2.66. The summed E-state index contributed by atoms with van der Waals surface area (Å²) in [4.78, 5) is 28.2. The van der Waals surface area contributed by atoms with Crippen molar-refractivity contribution in [3.63, 3.8) is 0 Å². The number of aromatic nitrogens is 3. The number of ether oxygens (including phenoxy) is 1. The number of rotatable bonds is 6. The van der Waals surface area contributed by atoms with Crippen molar-refractivity contribution in [2.24, 2.45) is 0 Å². The van der Waals surface area contributed by atoms with Crippen LogP contribution < -0.4 is 10.1 Å². The summed E-state index contributed by atoms with van der Waals surface area (Å²) in [6, 6.07) is 13.5. The molecule has 1 saturated heterocycles. The quantitative estimate of drug-likeness (QED) is 0.656. The molecule has 0 spiro atoms. The number of benzene rings is 1. The van der Waals surface area contributed by atoms with Crippen molar-refractivity contribution in [3.8, 4) is 5.75 Å². The van der Waals surface area contributed by atoms with Crippen molar-refractivity contribution >= 4 is 17.5 Å². The minimum absolute atomic E-state index is 0.152. The SMILES string of the molecule is COc1cccc(CC(=O)N2CCC(c3cncc(Nc4cccc(C)n4)n3)CC2)c1. The number of likely N-dealkylation sites (tertiary alicyclic amines) is 1. The molecule has 0 unspecified atom stereocenters. The maximum absolute atomic E-state index is 12.7. The van der Waals surface area contributed by atoms with Gasteiger partial charge in [0.15, 0.2) is 0 Å². The lowest BCUT2D eigenvalue weighted by atomic mass is 9.93. The molecule has 1 amide bonds. The number of hydrogen-bond acceptors (Lipinski definition) is 6. The summed E-state index contributed by atoms with van der Waals surface area (Å²) >= 11 is 0. The number of hydrogen-bond donors (Lipinski definition) is 1. The number of nitrogens with zero attached hydrogens (tertiary/aromatic N) is 4. The molecule has 1 aromatic carbocycles. The minimum Gasteiger partial charge on any atom is -0.497 e. The maximum atomic E-state index is 12.7. The highest BCUT2D eigenvalue weighted by atomic mass is 16.5. The van der Waals surface area contributed by atoms with Gasteiger partial charge in [0, 0.05) is 30.9 Å². The van der Waals surface area contributed by atoms with E-state index in [2.05, 4.69) is 15.3 Å². The van der Waals surface area contributed by atoms with Crippen LogP contribution in [0.1, 0.15) is 35.7 Å². The molecule has 31 heavy (non-hydrogen) atoms. The molecule has 7 heteroatoms. The molecular weight excluding hydrogens is 390 g/mol. The molecule has 0 atom stereocenters. The Balaban J connectivity index is 1.34. The van der Waals surface area contributed by atoms with Crippen molar-refractivity contribution in [2.45, 2.75) is 32.1 Å². The van der Waals surface area contributed by atoms with Gasteiger partial charge in [-0.3, -0.25) is 9.78 Å². The van der Waals surface area contributed by atoms with Gasteiger partial charge >= 0.3 is 0 Å². The van der Waals surface area contributed by atoms with Crippen LogP contribution in [0.2, 0.25) is 0 Å². The van der Waals surface area contributed by atoms with Gasteiger partial charge in [0.1, 0.15) is 17.4 Å². The van der Waals surface area contributed by atoms with Crippen LogP contribution >= 0.6 is 0 Å². The van der Waals surface area contributed by atoms with Gasteiger partial charge in [-0.25, -0.2) is 9.97 Å². The second kappa shape index (κ2) is 9.55. The number of pyridine rings is 1. The largest absolute Gasteiger partial charge is 0.497 e. The Bertz CT molecular complexity index is 1050. The maximum Gasteiger partial charge on any atom is 0.226 e. The fraction of sp³-hybridized carbons (Fsp3) is 0.333. The molecule has 160 valence electrons. The average molecular weight is 418 g/mol. The van der Waals surface area contributed by atoms with Crippen molar-refractivity contribution in [3.05, 3.63) is 71.8 Å². The van der Waals surface area contributed by atoms with Gasteiger partial charge < -0.3 is 15.0 Å². The normalized spacial score (nSPS) is 14.3. The third kappa shape index (κ3) is 5.36. The van der Waals surface area contributed by atoms with Crippen molar-refractivity contribution < 1.29 is 9.53 Å². The second-order valence-electron chi connectivity index (χ2n) is 7.80. The van der Waals surface area contributed by atoms with Crippen molar-refractivity contribution in [1.82, 2.24) is 19.9 Å². The highest BCUT2D eigenvalue weighted by Crippen LogP contribution is 2.28. The van der Waals surface area contributed by atoms with E-state index in [0.29, 0.717) is 18.2 Å². The third-order valence-electron chi connectivity index (χ3n) is 5.55. The Morgan fingerprint density at radius 2 is 1.90 bits per heavy atom. The Kier molecular flexibility index (Phi) is 6.40. The van der Waals surface area contributed by atoms with Gasteiger partial charge in [-0.2, -0.15) is 0 Å². The molecule has 1 fully saturated rings. The van der Waals surface area contributed by atoms with E-state index in [9.17, 15) is 4.79 Å². The Hall–Kier alpha value is -3.48. The van der Waals surface area contributed by atoms with Crippen LogP contribution in [0.25, 0.3) is 0 Å². The van der Waals surface area contributed by atoms with Crippen LogP contribution in [-0.4, -0.2) is 46.0 Å². The van der Waals surface area contributed by atoms with E-state index in [4.69, 9.17) is 9.72 Å². The number of aryl methyl sites for hydroxylation is 1. The van der Waals surface area contributed by atoms with E-state index in [1.165, 1.54) is 0 Å². The van der Waals surface area contributed by atoms with Gasteiger partial charge in [0.05, 0.1) is 25.4 Å². The molecule has 7 nitrogen and oxygen atoms in total. The molecule has 2 aromatic heterocycles. The highest BCUT2D eigenvalue weighted by Gasteiger charge is 2.25. The first-order valence-corrected chi connectivity index (χ1v) is 10.5. The van der Waals surface area contributed by atoms with E-state index in [1.807, 2.05) is 60.5 Å². The number of nitrogens with one attached hydrogen (secondary N) is 1. The van der Waals surface area contributed by atoms with Crippen molar-refractivity contribution in [2.75, 3.05) is 25.5 Å². The van der Waals surface area contributed by atoms with Crippen molar-refractivity contribution in [1.29, 1.82) is 0 Å². The molecular formula is C24H27N5O2. The first kappa shape index (κ1) is 20.8. The van der Waals surface area contributed by atoms with Crippen LogP contribution in [0.3, 0.4) is 0 Å². The predicted octanol–water partition coefficient (Wildman–Crippen LogP) is 3.88. The van der Waals surface area contributed by atoms with Gasteiger partial charge in [-0.15, -0.1) is 0 Å². The number of amides is 1. The van der Waals surface area contributed by atoms with Crippen LogP contribution in [0.15, 0.2) is 54.9 Å². The molecule has 4 rings (SSSR count). The molecule has 3 aromatic rings. The first-order chi connectivity index (χ1) is 15.1. The lowest BCUT2D eigenvalue weighted by Crippen LogP contribution is -2.39. The number of carbonyl (C=O) groups is 1. The van der Waals surface area contributed by atoms with Gasteiger partial charge in [-0.05, 0) is 49.6 Å². The van der Waals surface area contributed by atoms with Crippen LogP contribution in [0.4, 0.5) is 11.6 Å². The lowest BCUT2D eigenvalue weighted by Gasteiger charge is -2.32. The van der Waals surface area contributed by atoms with E-state index in [1.54, 1.807) is 13.3 Å². The summed E-state index contributed by atoms with van der Waals surface area (Å²) in [6.07, 6.45) is 5.69. The number of carbonyl (C=O) groups excluding carboxylic acids is 1. The number of piperidine rings is 1. The third-order valence-corrected chi connectivity index (χ3v) is 5.55. The predicted molar refractivity (Wildman–Crippen MR) is 120 cm³/mol. The Morgan fingerprint density at radius 1 is 1.10 bits per heavy atom. The van der Waals surface area contributed by atoms with Crippen LogP contribution in [-0.2, 0) is 11.2 Å². The first-order valence-electron chi connectivity index (χ1n) is 10.5. The zero-order valence-corrected chi connectivity index (χ0v) is 17.9. The fourth-order valence-corrected chi connectivity index (χ4v) is 3.88. The molecule has 0 radical (unpaired) electrons. The number of anilines is 2. The second-order valence-corrected chi connectivity index (χ2v) is 7.80. The molecule has 0 bridgehead atoms.